The summed E-state index contributed by atoms with van der Waals surface area (Å²) >= 11 is 0. The highest BCUT2D eigenvalue weighted by Gasteiger charge is 2.12. The average molecular weight is 261 g/mol. The van der Waals surface area contributed by atoms with E-state index in [-0.39, 0.29) is 0 Å². The van der Waals surface area contributed by atoms with E-state index < -0.39 is 0 Å². The molecule has 0 spiro atoms. The fourth-order valence-corrected chi connectivity index (χ4v) is 2.21. The molecule has 0 aliphatic carbocycles. The third kappa shape index (κ3) is 1.80. The Morgan fingerprint density at radius 2 is 1.55 bits per heavy atom. The van der Waals surface area contributed by atoms with Crippen molar-refractivity contribution in [2.24, 2.45) is 0 Å². The average Bonchev–Trinajstić information content (AvgIpc) is 3.14. The highest BCUT2D eigenvalue weighted by molar-refractivity contribution is 5.81. The number of fused-ring (bicyclic) bond motifs is 1. The molecule has 2 aromatic heterocycles. The molecule has 0 unspecified atom stereocenters. The lowest BCUT2D eigenvalue weighted by atomic mass is 10.2. The molecule has 3 nitrogen and oxygen atoms in total. The van der Waals surface area contributed by atoms with Crippen LogP contribution in [0, 0.1) is 0 Å². The van der Waals surface area contributed by atoms with Gasteiger partial charge >= 0.3 is 0 Å². The van der Waals surface area contributed by atoms with Gasteiger partial charge in [0.05, 0.1) is 6.20 Å². The van der Waals surface area contributed by atoms with Crippen LogP contribution >= 0.6 is 0 Å². The molecule has 96 valence electrons. The number of furan rings is 1. The van der Waals surface area contributed by atoms with E-state index in [9.17, 15) is 0 Å². The van der Waals surface area contributed by atoms with Crippen molar-refractivity contribution < 1.29 is 8.83 Å². The first kappa shape index (κ1) is 11.1. The van der Waals surface area contributed by atoms with Gasteiger partial charge in [-0.05, 0) is 12.1 Å². The smallest absolute Gasteiger partial charge is 0.263 e. The standard InChI is InChI=1S/C17H11NO2/c1-2-6-12(7-3-1)16-11-18-17(20-16)15-10-13-8-4-5-9-14(13)19-15/h1-11H. The summed E-state index contributed by atoms with van der Waals surface area (Å²) in [7, 11) is 0. The first-order valence-corrected chi connectivity index (χ1v) is 6.40. The normalized spacial score (nSPS) is 11.0. The molecule has 0 saturated heterocycles. The molecule has 0 saturated carbocycles. The molecule has 0 bridgehead atoms. The van der Waals surface area contributed by atoms with Gasteiger partial charge in [-0.2, -0.15) is 0 Å². The van der Waals surface area contributed by atoms with Gasteiger partial charge in [0, 0.05) is 10.9 Å². The van der Waals surface area contributed by atoms with Gasteiger partial charge in [0.2, 0.25) is 0 Å². The van der Waals surface area contributed by atoms with Crippen LogP contribution in [0.25, 0.3) is 33.9 Å². The summed E-state index contributed by atoms with van der Waals surface area (Å²) in [4.78, 5) is 4.30. The summed E-state index contributed by atoms with van der Waals surface area (Å²) in [6.07, 6.45) is 1.72. The van der Waals surface area contributed by atoms with E-state index in [0.29, 0.717) is 11.7 Å². The lowest BCUT2D eigenvalue weighted by Crippen LogP contribution is -1.70. The molecule has 0 radical (unpaired) electrons. The third-order valence-electron chi connectivity index (χ3n) is 3.20. The lowest BCUT2D eigenvalue weighted by molar-refractivity contribution is 0.543. The van der Waals surface area contributed by atoms with Crippen molar-refractivity contribution in [3.8, 4) is 23.0 Å². The van der Waals surface area contributed by atoms with E-state index in [1.807, 2.05) is 60.7 Å². The van der Waals surface area contributed by atoms with Crippen LogP contribution in [0.5, 0.6) is 0 Å². The number of hydrogen-bond donors (Lipinski definition) is 0. The van der Waals surface area contributed by atoms with Crippen LogP contribution in [0.2, 0.25) is 0 Å². The van der Waals surface area contributed by atoms with Gasteiger partial charge in [0.15, 0.2) is 11.5 Å². The van der Waals surface area contributed by atoms with Crippen molar-refractivity contribution in [3.05, 3.63) is 66.9 Å². The summed E-state index contributed by atoms with van der Waals surface area (Å²) in [5.41, 5.74) is 1.84. The van der Waals surface area contributed by atoms with Gasteiger partial charge < -0.3 is 8.83 Å². The molecule has 0 N–H and O–H groups in total. The molecule has 0 atom stereocenters. The van der Waals surface area contributed by atoms with E-state index in [4.69, 9.17) is 8.83 Å². The first-order chi connectivity index (χ1) is 9.90. The maximum atomic E-state index is 5.78. The minimum atomic E-state index is 0.500. The summed E-state index contributed by atoms with van der Waals surface area (Å²) < 4.78 is 11.5. The van der Waals surface area contributed by atoms with E-state index in [0.717, 1.165) is 22.3 Å². The van der Waals surface area contributed by atoms with E-state index in [1.165, 1.54) is 0 Å². The first-order valence-electron chi connectivity index (χ1n) is 6.40. The Balaban J connectivity index is 1.78. The van der Waals surface area contributed by atoms with Crippen molar-refractivity contribution >= 4 is 11.0 Å². The van der Waals surface area contributed by atoms with Crippen LogP contribution < -0.4 is 0 Å². The Bertz CT molecular complexity index is 826. The molecular formula is C17H11NO2. The van der Waals surface area contributed by atoms with Crippen LogP contribution in [-0.4, -0.2) is 4.98 Å². The van der Waals surface area contributed by atoms with Gasteiger partial charge in [-0.25, -0.2) is 4.98 Å². The molecular weight excluding hydrogens is 250 g/mol. The van der Waals surface area contributed by atoms with Crippen LogP contribution in [0.1, 0.15) is 0 Å². The molecule has 2 heterocycles. The second kappa shape index (κ2) is 4.38. The quantitative estimate of drug-likeness (QED) is 0.522. The van der Waals surface area contributed by atoms with Crippen molar-refractivity contribution in [3.63, 3.8) is 0 Å². The van der Waals surface area contributed by atoms with Crippen molar-refractivity contribution in [1.29, 1.82) is 0 Å². The molecule has 0 amide bonds. The van der Waals surface area contributed by atoms with Gasteiger partial charge in [-0.1, -0.05) is 48.5 Å². The molecule has 0 aliphatic rings. The number of para-hydroxylation sites is 1. The minimum Gasteiger partial charge on any atom is -0.451 e. The fourth-order valence-electron chi connectivity index (χ4n) is 2.21. The van der Waals surface area contributed by atoms with E-state index >= 15 is 0 Å². The maximum absolute atomic E-state index is 5.78. The Hall–Kier alpha value is -2.81. The number of nitrogens with zero attached hydrogens (tertiary/aromatic N) is 1. The van der Waals surface area contributed by atoms with Gasteiger partial charge in [-0.3, -0.25) is 0 Å². The largest absolute Gasteiger partial charge is 0.451 e. The second-order valence-corrected chi connectivity index (χ2v) is 4.54. The van der Waals surface area contributed by atoms with E-state index in [1.54, 1.807) is 6.20 Å². The van der Waals surface area contributed by atoms with Crippen LogP contribution in [0.3, 0.4) is 0 Å². The van der Waals surface area contributed by atoms with Crippen molar-refractivity contribution in [2.45, 2.75) is 0 Å². The summed E-state index contributed by atoms with van der Waals surface area (Å²) in [6, 6.07) is 19.7. The zero-order valence-electron chi connectivity index (χ0n) is 10.6. The zero-order valence-corrected chi connectivity index (χ0v) is 10.6. The molecule has 20 heavy (non-hydrogen) atoms. The molecule has 4 rings (SSSR count). The highest BCUT2D eigenvalue weighted by atomic mass is 16.4. The van der Waals surface area contributed by atoms with Gasteiger partial charge in [0.25, 0.3) is 5.89 Å². The Morgan fingerprint density at radius 1 is 0.750 bits per heavy atom. The molecule has 2 aromatic carbocycles. The number of aromatic nitrogens is 1. The predicted molar refractivity (Wildman–Crippen MR) is 77.1 cm³/mol. The molecule has 3 heteroatoms. The van der Waals surface area contributed by atoms with Crippen LogP contribution in [-0.2, 0) is 0 Å². The second-order valence-electron chi connectivity index (χ2n) is 4.54. The fraction of sp³-hybridized carbons (Fsp3) is 0. The highest BCUT2D eigenvalue weighted by Crippen LogP contribution is 2.30. The van der Waals surface area contributed by atoms with Gasteiger partial charge in [-0.15, -0.1) is 0 Å². The van der Waals surface area contributed by atoms with Crippen LogP contribution in [0.4, 0.5) is 0 Å². The summed E-state index contributed by atoms with van der Waals surface area (Å²) in [5.74, 6) is 1.88. The summed E-state index contributed by atoms with van der Waals surface area (Å²) in [5, 5.41) is 1.04. The van der Waals surface area contributed by atoms with E-state index in [2.05, 4.69) is 4.98 Å². The number of hydrogen-bond acceptors (Lipinski definition) is 3. The summed E-state index contributed by atoms with van der Waals surface area (Å²) in [6.45, 7) is 0. The molecule has 4 aromatic rings. The van der Waals surface area contributed by atoms with Crippen LogP contribution in [0.15, 0.2) is 75.7 Å². The molecule has 0 fully saturated rings. The molecule has 0 aliphatic heterocycles. The Labute approximate surface area is 115 Å². The number of benzene rings is 2. The third-order valence-corrected chi connectivity index (χ3v) is 3.20. The number of oxazole rings is 1. The Morgan fingerprint density at radius 3 is 2.40 bits per heavy atom. The van der Waals surface area contributed by atoms with Crippen molar-refractivity contribution in [1.82, 2.24) is 4.98 Å². The maximum Gasteiger partial charge on any atom is 0.263 e. The predicted octanol–water partition coefficient (Wildman–Crippen LogP) is 4.75. The minimum absolute atomic E-state index is 0.500. The van der Waals surface area contributed by atoms with Crippen molar-refractivity contribution in [2.75, 3.05) is 0 Å². The topological polar surface area (TPSA) is 39.2 Å². The lowest BCUT2D eigenvalue weighted by Gasteiger charge is -1.93. The SMILES string of the molecule is c1ccc(-c2cnc(-c3cc4ccccc4o3)o2)cc1. The monoisotopic (exact) mass is 261 g/mol. The number of rotatable bonds is 2. The zero-order chi connectivity index (χ0) is 13.4. The Kier molecular flexibility index (Phi) is 2.42. The van der Waals surface area contributed by atoms with Gasteiger partial charge in [0.1, 0.15) is 5.58 Å².